The Hall–Kier alpha value is -3.01. The van der Waals surface area contributed by atoms with Gasteiger partial charge in [0.1, 0.15) is 17.1 Å². The van der Waals surface area contributed by atoms with E-state index in [1.54, 1.807) is 0 Å². The van der Waals surface area contributed by atoms with Gasteiger partial charge in [0.25, 0.3) is 0 Å². The van der Waals surface area contributed by atoms with Crippen LogP contribution in [0.25, 0.3) is 33.4 Å². The van der Waals surface area contributed by atoms with Gasteiger partial charge in [-0.2, -0.15) is 0 Å². The first-order valence-corrected chi connectivity index (χ1v) is 11.6. The van der Waals surface area contributed by atoms with Crippen molar-refractivity contribution in [3.05, 3.63) is 42.0 Å². The van der Waals surface area contributed by atoms with E-state index in [1.165, 1.54) is 18.6 Å². The Balaban J connectivity index is 1.34. The summed E-state index contributed by atoms with van der Waals surface area (Å²) >= 11 is 0. The highest BCUT2D eigenvalue weighted by atomic mass is 19.1. The summed E-state index contributed by atoms with van der Waals surface area (Å²) in [6.45, 7) is 5.58. The van der Waals surface area contributed by atoms with Crippen molar-refractivity contribution in [3.63, 3.8) is 0 Å². The number of rotatable bonds is 4. The number of morpholine rings is 1. The van der Waals surface area contributed by atoms with Crippen LogP contribution in [0.15, 0.2) is 34.9 Å². The highest BCUT2D eigenvalue weighted by Gasteiger charge is 2.37. The Morgan fingerprint density at radius 2 is 2.06 bits per heavy atom. The molecule has 9 heteroatoms. The fourth-order valence-electron chi connectivity index (χ4n) is 5.51. The van der Waals surface area contributed by atoms with Crippen LogP contribution >= 0.6 is 0 Å². The maximum atomic E-state index is 14.4. The van der Waals surface area contributed by atoms with Gasteiger partial charge in [0, 0.05) is 67.0 Å². The average Bonchev–Trinajstić information content (AvgIpc) is 3.62. The molecule has 1 aromatic carbocycles. The highest BCUT2D eigenvalue weighted by Crippen LogP contribution is 2.34. The van der Waals surface area contributed by atoms with E-state index >= 15 is 0 Å². The molecule has 0 aliphatic carbocycles. The third-order valence-corrected chi connectivity index (χ3v) is 7.12. The third kappa shape index (κ3) is 3.30. The van der Waals surface area contributed by atoms with E-state index < -0.39 is 0 Å². The number of halogens is 1. The first-order chi connectivity index (χ1) is 16.2. The molecule has 3 saturated heterocycles. The molecule has 170 valence electrons. The van der Waals surface area contributed by atoms with Gasteiger partial charge in [0.05, 0.1) is 19.8 Å². The minimum atomic E-state index is -0.317. The van der Waals surface area contributed by atoms with E-state index in [1.807, 2.05) is 18.3 Å². The predicted molar refractivity (Wildman–Crippen MR) is 123 cm³/mol. The second-order valence-corrected chi connectivity index (χ2v) is 9.21. The molecule has 0 spiro atoms. The summed E-state index contributed by atoms with van der Waals surface area (Å²) in [5.41, 5.74) is 2.85. The van der Waals surface area contributed by atoms with Crippen molar-refractivity contribution in [2.24, 2.45) is 0 Å². The number of anilines is 1. The van der Waals surface area contributed by atoms with Gasteiger partial charge in [-0.15, -0.1) is 0 Å². The fraction of sp³-hybridized carbons (Fsp3) is 0.417. The Labute approximate surface area is 189 Å². The molecule has 2 bridgehead atoms. The molecular weight excluding hydrogens is 423 g/mol. The lowest BCUT2D eigenvalue weighted by molar-refractivity contribution is 0.122. The van der Waals surface area contributed by atoms with E-state index in [0.29, 0.717) is 42.3 Å². The largest absolute Gasteiger partial charge is 0.454 e. The average molecular weight is 449 g/mol. The Morgan fingerprint density at radius 3 is 2.88 bits per heavy atom. The molecule has 3 aliphatic heterocycles. The van der Waals surface area contributed by atoms with Crippen molar-refractivity contribution in [2.45, 2.75) is 25.0 Å². The number of piperazine rings is 1. The second kappa shape index (κ2) is 7.51. The summed E-state index contributed by atoms with van der Waals surface area (Å²) in [4.78, 5) is 17.5. The van der Waals surface area contributed by atoms with Crippen LogP contribution < -0.4 is 10.2 Å². The SMILES string of the molecule is Fc1cc(-c2nc(N3CCOCC3)c3oc(CN4CC5C[C@H]4CN5)cc3n2)c2cc[nH]c2c1. The van der Waals surface area contributed by atoms with Gasteiger partial charge < -0.3 is 24.4 Å². The number of benzene rings is 1. The van der Waals surface area contributed by atoms with Crippen LogP contribution in [0.1, 0.15) is 12.2 Å². The predicted octanol–water partition coefficient (Wildman–Crippen LogP) is 2.89. The lowest BCUT2D eigenvalue weighted by atomic mass is 10.1. The van der Waals surface area contributed by atoms with Crippen molar-refractivity contribution in [1.82, 2.24) is 25.2 Å². The van der Waals surface area contributed by atoms with Crippen LogP contribution in [0.5, 0.6) is 0 Å². The molecule has 33 heavy (non-hydrogen) atoms. The monoisotopic (exact) mass is 448 g/mol. The Bertz CT molecular complexity index is 1340. The lowest BCUT2D eigenvalue weighted by Gasteiger charge is -2.28. The molecule has 0 radical (unpaired) electrons. The Kier molecular flexibility index (Phi) is 4.43. The van der Waals surface area contributed by atoms with Gasteiger partial charge in [-0.3, -0.25) is 4.90 Å². The number of aromatic amines is 1. The van der Waals surface area contributed by atoms with Gasteiger partial charge in [-0.05, 0) is 24.6 Å². The van der Waals surface area contributed by atoms with E-state index in [-0.39, 0.29) is 5.82 Å². The van der Waals surface area contributed by atoms with E-state index in [9.17, 15) is 4.39 Å². The lowest BCUT2D eigenvalue weighted by Crippen LogP contribution is -2.42. The summed E-state index contributed by atoms with van der Waals surface area (Å²) in [6, 6.07) is 8.12. The van der Waals surface area contributed by atoms with Crippen LogP contribution in [-0.4, -0.2) is 71.3 Å². The number of nitrogens with one attached hydrogen (secondary N) is 2. The first-order valence-electron chi connectivity index (χ1n) is 11.6. The zero-order chi connectivity index (χ0) is 21.9. The number of aromatic nitrogens is 3. The zero-order valence-electron chi connectivity index (χ0n) is 18.2. The van der Waals surface area contributed by atoms with Crippen molar-refractivity contribution in [2.75, 3.05) is 44.3 Å². The van der Waals surface area contributed by atoms with Gasteiger partial charge in [0.15, 0.2) is 17.2 Å². The maximum Gasteiger partial charge on any atom is 0.195 e. The topological polar surface area (TPSA) is 82.4 Å². The molecule has 2 atom stereocenters. The van der Waals surface area contributed by atoms with E-state index in [0.717, 1.165) is 60.7 Å². The smallest absolute Gasteiger partial charge is 0.195 e. The number of likely N-dealkylation sites (tertiary alicyclic amines) is 1. The van der Waals surface area contributed by atoms with Crippen LogP contribution in [0, 0.1) is 5.82 Å². The third-order valence-electron chi connectivity index (χ3n) is 7.12. The molecular formula is C24H25FN6O2. The van der Waals surface area contributed by atoms with Gasteiger partial charge >= 0.3 is 0 Å². The number of ether oxygens (including phenoxy) is 1. The summed E-state index contributed by atoms with van der Waals surface area (Å²) in [5.74, 6) is 1.83. The van der Waals surface area contributed by atoms with Gasteiger partial charge in [-0.1, -0.05) is 0 Å². The standard InChI is InChI=1S/C24H25FN6O2/c25-14-7-19(18-1-2-26-20(18)8-14)23-28-21-10-17(13-31-12-15-9-16(31)11-27-15)33-22(21)24(29-23)30-3-5-32-6-4-30/h1-2,7-8,10,15-16,26-27H,3-6,9,11-13H2/t15?,16-/m0/s1. The number of hydrogen-bond donors (Lipinski definition) is 2. The molecule has 3 fully saturated rings. The maximum absolute atomic E-state index is 14.4. The molecule has 6 heterocycles. The minimum Gasteiger partial charge on any atom is -0.454 e. The minimum absolute atomic E-state index is 0.317. The molecule has 3 aliphatic rings. The number of hydrogen-bond acceptors (Lipinski definition) is 7. The first kappa shape index (κ1) is 19.5. The second-order valence-electron chi connectivity index (χ2n) is 9.21. The molecule has 1 unspecified atom stereocenters. The number of nitrogens with zero attached hydrogens (tertiary/aromatic N) is 4. The molecule has 0 saturated carbocycles. The van der Waals surface area contributed by atoms with Crippen molar-refractivity contribution in [3.8, 4) is 11.4 Å². The molecule has 7 rings (SSSR count). The van der Waals surface area contributed by atoms with Crippen LogP contribution in [0.4, 0.5) is 10.2 Å². The highest BCUT2D eigenvalue weighted by molar-refractivity contribution is 5.95. The number of fused-ring (bicyclic) bond motifs is 4. The molecule has 0 amide bonds. The van der Waals surface area contributed by atoms with Crippen molar-refractivity contribution >= 4 is 27.8 Å². The molecule has 2 N–H and O–H groups in total. The van der Waals surface area contributed by atoms with E-state index in [4.69, 9.17) is 19.1 Å². The van der Waals surface area contributed by atoms with Crippen LogP contribution in [0.3, 0.4) is 0 Å². The van der Waals surface area contributed by atoms with Crippen molar-refractivity contribution < 1.29 is 13.5 Å². The summed E-state index contributed by atoms with van der Waals surface area (Å²) < 4.78 is 26.3. The van der Waals surface area contributed by atoms with Crippen molar-refractivity contribution in [1.29, 1.82) is 0 Å². The molecule has 8 nitrogen and oxygen atoms in total. The van der Waals surface area contributed by atoms with E-state index in [2.05, 4.69) is 20.1 Å². The summed E-state index contributed by atoms with van der Waals surface area (Å²) in [5, 5.41) is 4.44. The quantitative estimate of drug-likeness (QED) is 0.497. The molecule has 4 aromatic rings. The number of furan rings is 1. The fourth-order valence-corrected chi connectivity index (χ4v) is 5.51. The van der Waals surface area contributed by atoms with Gasteiger partial charge in [-0.25, -0.2) is 14.4 Å². The molecule has 3 aromatic heterocycles. The number of H-pyrrole nitrogens is 1. The van der Waals surface area contributed by atoms with Gasteiger partial charge in [0.2, 0.25) is 0 Å². The normalized spacial score (nSPS) is 23.4. The summed E-state index contributed by atoms with van der Waals surface area (Å²) in [7, 11) is 0. The Morgan fingerprint density at radius 1 is 1.15 bits per heavy atom. The zero-order valence-corrected chi connectivity index (χ0v) is 18.2. The summed E-state index contributed by atoms with van der Waals surface area (Å²) in [6.07, 6.45) is 3.01. The van der Waals surface area contributed by atoms with Crippen LogP contribution in [0.2, 0.25) is 0 Å². The van der Waals surface area contributed by atoms with Crippen LogP contribution in [-0.2, 0) is 11.3 Å².